The van der Waals surface area contributed by atoms with Gasteiger partial charge in [-0.05, 0) is 55.8 Å². The molecule has 0 unspecified atom stereocenters. The van der Waals surface area contributed by atoms with Gasteiger partial charge in [-0.25, -0.2) is 0 Å². The molecule has 0 saturated heterocycles. The van der Waals surface area contributed by atoms with Crippen LogP contribution in [-0.4, -0.2) is 11.1 Å². The van der Waals surface area contributed by atoms with Crippen LogP contribution in [0.25, 0.3) is 0 Å². The van der Waals surface area contributed by atoms with Crippen LogP contribution in [0.3, 0.4) is 0 Å². The van der Waals surface area contributed by atoms with Gasteiger partial charge < -0.3 is 5.11 Å². The average molecular weight is 433 g/mol. The van der Waals surface area contributed by atoms with Crippen molar-refractivity contribution in [3.63, 3.8) is 0 Å². The van der Waals surface area contributed by atoms with Crippen LogP contribution in [-0.2, 0) is 4.79 Å². The summed E-state index contributed by atoms with van der Waals surface area (Å²) < 4.78 is 0. The highest BCUT2D eigenvalue weighted by atomic mass is 16.4. The van der Waals surface area contributed by atoms with Gasteiger partial charge in [0.05, 0.1) is 0 Å². The second-order valence-electron chi connectivity index (χ2n) is 11.1. The Hall–Kier alpha value is -0.790. The highest BCUT2D eigenvalue weighted by molar-refractivity contribution is 5.66. The minimum atomic E-state index is -0.653. The summed E-state index contributed by atoms with van der Waals surface area (Å²) in [6.45, 7) is 2.30. The van der Waals surface area contributed by atoms with Gasteiger partial charge in [0.2, 0.25) is 0 Å². The lowest BCUT2D eigenvalue weighted by Gasteiger charge is -2.70. The molecule has 3 aliphatic rings. The zero-order valence-electron chi connectivity index (χ0n) is 20.8. The number of rotatable bonds is 22. The summed E-state index contributed by atoms with van der Waals surface area (Å²) in [5.74, 6) is -0.653. The first-order valence-electron chi connectivity index (χ1n) is 14.0. The van der Waals surface area contributed by atoms with E-state index in [4.69, 9.17) is 5.11 Å². The van der Waals surface area contributed by atoms with Gasteiger partial charge in [-0.1, -0.05) is 115 Å². The number of allylic oxidation sites excluding steroid dienone is 2. The first-order valence-corrected chi connectivity index (χ1v) is 14.0. The van der Waals surface area contributed by atoms with Gasteiger partial charge in [-0.3, -0.25) is 4.79 Å². The maximum absolute atomic E-state index is 10.5. The van der Waals surface area contributed by atoms with E-state index in [1.807, 2.05) is 0 Å². The molecule has 2 nitrogen and oxygen atoms in total. The van der Waals surface area contributed by atoms with Gasteiger partial charge in [-0.2, -0.15) is 0 Å². The minimum Gasteiger partial charge on any atom is -0.481 e. The zero-order valence-corrected chi connectivity index (χ0v) is 20.8. The van der Waals surface area contributed by atoms with E-state index in [2.05, 4.69) is 19.1 Å². The normalized spacial score (nSPS) is 24.3. The number of carboxylic acid groups (broad SMARTS) is 1. The largest absolute Gasteiger partial charge is 0.481 e. The van der Waals surface area contributed by atoms with Crippen molar-refractivity contribution in [2.45, 2.75) is 155 Å². The van der Waals surface area contributed by atoms with Gasteiger partial charge in [0.15, 0.2) is 0 Å². The zero-order chi connectivity index (χ0) is 22.3. The molecule has 1 N–H and O–H groups in total. The molecule has 0 aromatic rings. The summed E-state index contributed by atoms with van der Waals surface area (Å²) in [6, 6.07) is 0. The summed E-state index contributed by atoms with van der Waals surface area (Å²) in [5.41, 5.74) is 1.38. The molecule has 0 aromatic heterocycles. The van der Waals surface area contributed by atoms with Crippen molar-refractivity contribution in [1.82, 2.24) is 0 Å². The van der Waals surface area contributed by atoms with Crippen molar-refractivity contribution in [2.24, 2.45) is 10.8 Å². The van der Waals surface area contributed by atoms with Gasteiger partial charge >= 0.3 is 5.97 Å². The lowest BCUT2D eigenvalue weighted by atomic mass is 9.34. The van der Waals surface area contributed by atoms with Gasteiger partial charge in [0.25, 0.3) is 0 Å². The van der Waals surface area contributed by atoms with Gasteiger partial charge in [0, 0.05) is 6.42 Å². The van der Waals surface area contributed by atoms with Crippen LogP contribution >= 0.6 is 0 Å². The maximum atomic E-state index is 10.5. The molecular weight excluding hydrogens is 380 g/mol. The lowest BCUT2D eigenvalue weighted by molar-refractivity contribution is -0.174. The van der Waals surface area contributed by atoms with Crippen LogP contribution in [0.1, 0.15) is 155 Å². The highest BCUT2D eigenvalue weighted by Crippen LogP contribution is 2.75. The van der Waals surface area contributed by atoms with Crippen molar-refractivity contribution < 1.29 is 9.90 Å². The Labute approximate surface area is 193 Å². The van der Waals surface area contributed by atoms with E-state index in [1.54, 1.807) is 0 Å². The summed E-state index contributed by atoms with van der Waals surface area (Å²) in [7, 11) is 0. The fourth-order valence-corrected chi connectivity index (χ4v) is 6.27. The smallest absolute Gasteiger partial charge is 0.303 e. The third kappa shape index (κ3) is 10.6. The van der Waals surface area contributed by atoms with Crippen LogP contribution in [0.4, 0.5) is 0 Å². The van der Waals surface area contributed by atoms with E-state index < -0.39 is 5.97 Å². The van der Waals surface area contributed by atoms with Crippen molar-refractivity contribution in [3.05, 3.63) is 12.2 Å². The first kappa shape index (κ1) is 26.5. The van der Waals surface area contributed by atoms with Crippen LogP contribution in [0.5, 0.6) is 0 Å². The fourth-order valence-electron chi connectivity index (χ4n) is 6.27. The third-order valence-corrected chi connectivity index (χ3v) is 7.97. The molecule has 3 fully saturated rings. The SMILES string of the molecule is CCCCCCCCCCCCCC12CC(/C=C/CCCCCCCCC(=O)O)(C1)C2. The predicted molar refractivity (Wildman–Crippen MR) is 134 cm³/mol. The lowest BCUT2D eigenvalue weighted by Crippen LogP contribution is -2.60. The second kappa shape index (κ2) is 15.1. The first-order chi connectivity index (χ1) is 15.1. The number of unbranched alkanes of at least 4 members (excludes halogenated alkanes) is 16. The fraction of sp³-hybridized carbons (Fsp3) is 0.897. The van der Waals surface area contributed by atoms with Crippen molar-refractivity contribution >= 4 is 5.97 Å². The number of hydrogen-bond acceptors (Lipinski definition) is 1. The molecule has 2 heteroatoms. The molecule has 0 aromatic carbocycles. The monoisotopic (exact) mass is 432 g/mol. The number of aliphatic carboxylic acids is 1. The van der Waals surface area contributed by atoms with Gasteiger partial charge in [-0.15, -0.1) is 0 Å². The standard InChI is InChI=1S/C29H52O2/c1-2-3-4-5-6-7-8-10-13-16-19-22-28-24-29(25-28,26-28)23-20-17-14-11-9-12-15-18-21-27(30)31/h20,23H,2-19,21-22,24-26H2,1H3,(H,30,31)/b23-20+. The molecule has 0 radical (unpaired) electrons. The van der Waals surface area contributed by atoms with Crippen LogP contribution in [0, 0.1) is 10.8 Å². The Balaban J connectivity index is 1.33. The molecule has 2 bridgehead atoms. The molecule has 0 amide bonds. The quantitative estimate of drug-likeness (QED) is 0.136. The van der Waals surface area contributed by atoms with E-state index in [0.717, 1.165) is 18.3 Å². The molecule has 3 saturated carbocycles. The van der Waals surface area contributed by atoms with E-state index in [1.165, 1.54) is 128 Å². The Morgan fingerprint density at radius 2 is 1.19 bits per heavy atom. The molecule has 31 heavy (non-hydrogen) atoms. The van der Waals surface area contributed by atoms with Crippen LogP contribution < -0.4 is 0 Å². The topological polar surface area (TPSA) is 37.3 Å². The summed E-state index contributed by atoms with van der Waals surface area (Å²) in [4.78, 5) is 10.5. The van der Waals surface area contributed by atoms with Crippen molar-refractivity contribution in [1.29, 1.82) is 0 Å². The van der Waals surface area contributed by atoms with Crippen molar-refractivity contribution in [2.75, 3.05) is 0 Å². The third-order valence-electron chi connectivity index (χ3n) is 7.97. The molecule has 180 valence electrons. The molecular formula is C29H52O2. The minimum absolute atomic E-state index is 0.339. The van der Waals surface area contributed by atoms with Crippen LogP contribution in [0.2, 0.25) is 0 Å². The Morgan fingerprint density at radius 1 is 0.710 bits per heavy atom. The molecule has 0 aliphatic heterocycles. The van der Waals surface area contributed by atoms with E-state index in [0.29, 0.717) is 11.8 Å². The summed E-state index contributed by atoms with van der Waals surface area (Å²) in [6.07, 6.45) is 35.5. The maximum Gasteiger partial charge on any atom is 0.303 e. The van der Waals surface area contributed by atoms with E-state index in [-0.39, 0.29) is 0 Å². The summed E-state index contributed by atoms with van der Waals surface area (Å²) >= 11 is 0. The molecule has 0 atom stereocenters. The van der Waals surface area contributed by atoms with E-state index in [9.17, 15) is 4.79 Å². The van der Waals surface area contributed by atoms with E-state index >= 15 is 0 Å². The summed E-state index contributed by atoms with van der Waals surface area (Å²) in [5, 5.41) is 8.63. The molecule has 3 rings (SSSR count). The molecule has 0 heterocycles. The van der Waals surface area contributed by atoms with Gasteiger partial charge in [0.1, 0.15) is 0 Å². The number of hydrogen-bond donors (Lipinski definition) is 1. The molecule has 3 aliphatic carbocycles. The van der Waals surface area contributed by atoms with Crippen LogP contribution in [0.15, 0.2) is 12.2 Å². The Bertz CT molecular complexity index is 487. The number of carboxylic acids is 1. The number of carbonyl (C=O) groups is 1. The Morgan fingerprint density at radius 3 is 1.74 bits per heavy atom. The highest BCUT2D eigenvalue weighted by Gasteiger charge is 2.65. The molecule has 0 spiro atoms. The van der Waals surface area contributed by atoms with Crippen molar-refractivity contribution in [3.8, 4) is 0 Å². The second-order valence-corrected chi connectivity index (χ2v) is 11.1. The average Bonchev–Trinajstić information content (AvgIpc) is 2.69. The predicted octanol–water partition coefficient (Wildman–Crippen LogP) is 9.62. The Kier molecular flexibility index (Phi) is 12.9.